The molecule has 0 saturated carbocycles. The summed E-state index contributed by atoms with van der Waals surface area (Å²) < 4.78 is 48.9. The average Bonchev–Trinajstić information content (AvgIpc) is 2.89. The SMILES string of the molecule is C=CC(=O)OC(C)CCCCCCCCCOP(=O)(OCCCCCCCCCC(C)OC(=O)C=C)OP(=O)(O)O. The van der Waals surface area contributed by atoms with Crippen LogP contribution in [0.5, 0.6) is 0 Å². The summed E-state index contributed by atoms with van der Waals surface area (Å²) in [5.74, 6) is -0.811. The second-order valence-electron chi connectivity index (χ2n) is 10.1. The topological polar surface area (TPSA) is 155 Å². The van der Waals surface area contributed by atoms with Crippen molar-refractivity contribution in [2.24, 2.45) is 0 Å². The van der Waals surface area contributed by atoms with Crippen molar-refractivity contribution in [3.8, 4) is 0 Å². The molecule has 0 aromatic carbocycles. The summed E-state index contributed by atoms with van der Waals surface area (Å²) in [5, 5.41) is 0. The van der Waals surface area contributed by atoms with E-state index < -0.39 is 27.6 Å². The third kappa shape index (κ3) is 26.1. The van der Waals surface area contributed by atoms with Crippen molar-refractivity contribution in [2.45, 2.75) is 129 Å². The standard InChI is InChI=1S/C28H52O11P2/c1-5-27(29)37-25(3)21-17-13-9-7-11-15-19-23-35-41(34,39-40(31,32)33)36-24-20-16-12-8-10-14-18-22-26(4)38-28(30)6-2/h5-6,25-26H,1-2,7-24H2,3-4H3,(H2,31,32,33). The van der Waals surface area contributed by atoms with Gasteiger partial charge in [-0.1, -0.05) is 77.4 Å². The molecule has 0 aromatic heterocycles. The lowest BCUT2D eigenvalue weighted by molar-refractivity contribution is -0.143. The van der Waals surface area contributed by atoms with E-state index in [-0.39, 0.29) is 25.4 Å². The van der Waals surface area contributed by atoms with E-state index in [1.807, 2.05) is 13.8 Å². The van der Waals surface area contributed by atoms with Crippen molar-refractivity contribution in [1.82, 2.24) is 0 Å². The number of phosphoric ester groups is 1. The number of hydrogen-bond donors (Lipinski definition) is 2. The zero-order valence-electron chi connectivity index (χ0n) is 24.9. The lowest BCUT2D eigenvalue weighted by Crippen LogP contribution is -2.12. The molecule has 0 aliphatic carbocycles. The van der Waals surface area contributed by atoms with Crippen molar-refractivity contribution in [2.75, 3.05) is 13.2 Å². The quantitative estimate of drug-likeness (QED) is 0.0379. The van der Waals surface area contributed by atoms with Gasteiger partial charge < -0.3 is 19.3 Å². The second-order valence-corrected chi connectivity index (χ2v) is 13.2. The number of carbonyl (C=O) groups is 2. The summed E-state index contributed by atoms with van der Waals surface area (Å²) >= 11 is 0. The maximum Gasteiger partial charge on any atom is 0.483 e. The van der Waals surface area contributed by atoms with Gasteiger partial charge in [0, 0.05) is 12.2 Å². The van der Waals surface area contributed by atoms with Crippen molar-refractivity contribution in [3.63, 3.8) is 0 Å². The number of ether oxygens (including phenoxy) is 2. The Balaban J connectivity index is 3.96. The smallest absolute Gasteiger partial charge is 0.460 e. The summed E-state index contributed by atoms with van der Waals surface area (Å²) in [6.45, 7) is 10.5. The largest absolute Gasteiger partial charge is 0.483 e. The first-order chi connectivity index (χ1) is 19.4. The summed E-state index contributed by atoms with van der Waals surface area (Å²) in [7, 11) is -9.43. The van der Waals surface area contributed by atoms with Crippen LogP contribution in [0.3, 0.4) is 0 Å². The van der Waals surface area contributed by atoms with Crippen LogP contribution in [0.2, 0.25) is 0 Å². The van der Waals surface area contributed by atoms with Gasteiger partial charge in [-0.05, 0) is 52.4 Å². The highest BCUT2D eigenvalue weighted by Crippen LogP contribution is 2.61. The number of esters is 2. The molecular weight excluding hydrogens is 574 g/mol. The van der Waals surface area contributed by atoms with Gasteiger partial charge in [-0.3, -0.25) is 9.05 Å². The monoisotopic (exact) mass is 626 g/mol. The molecule has 0 aromatic rings. The summed E-state index contributed by atoms with van der Waals surface area (Å²) in [6.07, 6.45) is 16.4. The fourth-order valence-electron chi connectivity index (χ4n) is 4.01. The molecule has 0 radical (unpaired) electrons. The van der Waals surface area contributed by atoms with Gasteiger partial charge in [0.2, 0.25) is 0 Å². The van der Waals surface area contributed by atoms with E-state index in [0.29, 0.717) is 12.8 Å². The van der Waals surface area contributed by atoms with Crippen molar-refractivity contribution in [3.05, 3.63) is 25.3 Å². The van der Waals surface area contributed by atoms with Crippen LogP contribution in [-0.4, -0.2) is 47.1 Å². The molecule has 0 aliphatic heterocycles. The van der Waals surface area contributed by atoms with Crippen LogP contribution >= 0.6 is 15.6 Å². The van der Waals surface area contributed by atoms with Crippen LogP contribution < -0.4 is 0 Å². The highest BCUT2D eigenvalue weighted by atomic mass is 31.3. The molecule has 0 heterocycles. The molecule has 240 valence electrons. The molecule has 2 N–H and O–H groups in total. The van der Waals surface area contributed by atoms with Gasteiger partial charge in [-0.15, -0.1) is 0 Å². The molecule has 0 saturated heterocycles. The highest BCUT2D eigenvalue weighted by molar-refractivity contribution is 7.61. The third-order valence-electron chi connectivity index (χ3n) is 6.18. The van der Waals surface area contributed by atoms with Crippen molar-refractivity contribution >= 4 is 27.6 Å². The minimum Gasteiger partial charge on any atom is -0.460 e. The van der Waals surface area contributed by atoms with E-state index in [0.717, 1.165) is 102 Å². The van der Waals surface area contributed by atoms with Gasteiger partial charge in [0.05, 0.1) is 25.4 Å². The van der Waals surface area contributed by atoms with Crippen LogP contribution in [0.15, 0.2) is 25.3 Å². The van der Waals surface area contributed by atoms with Gasteiger partial charge in [-0.2, -0.15) is 4.31 Å². The van der Waals surface area contributed by atoms with Gasteiger partial charge in [-0.25, -0.2) is 18.7 Å². The zero-order chi connectivity index (χ0) is 31.0. The Morgan fingerprint density at radius 3 is 1.27 bits per heavy atom. The van der Waals surface area contributed by atoms with Crippen molar-refractivity contribution < 1.29 is 51.3 Å². The van der Waals surface area contributed by atoms with Gasteiger partial charge in [0.15, 0.2) is 0 Å². The summed E-state index contributed by atoms with van der Waals surface area (Å²) in [6, 6.07) is 0. The Bertz CT molecular complexity index is 776. The number of carbonyl (C=O) groups excluding carboxylic acids is 2. The molecular formula is C28H52O11P2. The molecule has 2 atom stereocenters. The number of phosphoric acid groups is 2. The van der Waals surface area contributed by atoms with E-state index in [1.54, 1.807) is 0 Å². The Labute approximate surface area is 246 Å². The van der Waals surface area contributed by atoms with E-state index in [2.05, 4.69) is 17.5 Å². The van der Waals surface area contributed by atoms with Gasteiger partial charge in [0.25, 0.3) is 0 Å². The van der Waals surface area contributed by atoms with Crippen LogP contribution in [0.4, 0.5) is 0 Å². The molecule has 0 rings (SSSR count). The molecule has 0 fully saturated rings. The number of unbranched alkanes of at least 4 members (excludes halogenated alkanes) is 12. The highest BCUT2D eigenvalue weighted by Gasteiger charge is 2.35. The number of rotatable bonds is 28. The number of hydrogen-bond acceptors (Lipinski definition) is 9. The molecule has 0 bridgehead atoms. The average molecular weight is 627 g/mol. The third-order valence-corrected chi connectivity index (χ3v) is 8.83. The van der Waals surface area contributed by atoms with E-state index in [4.69, 9.17) is 28.3 Å². The Morgan fingerprint density at radius 1 is 0.634 bits per heavy atom. The minimum absolute atomic E-state index is 0.00880. The lowest BCUT2D eigenvalue weighted by Gasteiger charge is -2.18. The van der Waals surface area contributed by atoms with E-state index >= 15 is 0 Å². The Morgan fingerprint density at radius 2 is 0.951 bits per heavy atom. The molecule has 13 heteroatoms. The Kier molecular flexibility index (Phi) is 23.4. The molecule has 0 spiro atoms. The van der Waals surface area contributed by atoms with Crippen LogP contribution in [0, 0.1) is 0 Å². The summed E-state index contributed by atoms with van der Waals surface area (Å²) in [5.41, 5.74) is 0. The second kappa shape index (κ2) is 24.2. The van der Waals surface area contributed by atoms with Crippen LogP contribution in [-0.2, 0) is 41.6 Å². The Hall–Kier alpha value is -1.32. The first kappa shape index (κ1) is 39.7. The first-order valence-corrected chi connectivity index (χ1v) is 17.7. The molecule has 2 unspecified atom stereocenters. The lowest BCUT2D eigenvalue weighted by atomic mass is 10.1. The molecule has 0 aliphatic rings. The first-order valence-electron chi connectivity index (χ1n) is 14.7. The fraction of sp³-hybridized carbons (Fsp3) is 0.786. The fourth-order valence-corrected chi connectivity index (χ4v) is 6.21. The normalized spacial score (nSPS) is 14.5. The van der Waals surface area contributed by atoms with Crippen LogP contribution in [0.25, 0.3) is 0 Å². The maximum absolute atomic E-state index is 12.7. The van der Waals surface area contributed by atoms with E-state index in [1.165, 1.54) is 0 Å². The maximum atomic E-state index is 12.7. The van der Waals surface area contributed by atoms with Crippen molar-refractivity contribution in [1.29, 1.82) is 0 Å². The molecule has 41 heavy (non-hydrogen) atoms. The summed E-state index contributed by atoms with van der Waals surface area (Å²) in [4.78, 5) is 40.5. The van der Waals surface area contributed by atoms with Crippen LogP contribution in [0.1, 0.15) is 117 Å². The van der Waals surface area contributed by atoms with Gasteiger partial charge >= 0.3 is 27.6 Å². The predicted octanol–water partition coefficient (Wildman–Crippen LogP) is 7.71. The molecule has 0 amide bonds. The molecule has 11 nitrogen and oxygen atoms in total. The predicted molar refractivity (Wildman–Crippen MR) is 158 cm³/mol. The van der Waals surface area contributed by atoms with E-state index in [9.17, 15) is 18.7 Å². The van der Waals surface area contributed by atoms with Gasteiger partial charge in [0.1, 0.15) is 0 Å². The minimum atomic E-state index is -5.05. The zero-order valence-corrected chi connectivity index (χ0v) is 26.7.